The highest BCUT2D eigenvalue weighted by Gasteiger charge is 2.14. The minimum atomic E-state index is 0. The van der Waals surface area contributed by atoms with Crippen molar-refractivity contribution in [3.8, 4) is 0 Å². The highest BCUT2D eigenvalue weighted by molar-refractivity contribution is 7.59. The van der Waals surface area contributed by atoms with E-state index in [-0.39, 0.29) is 13.5 Å². The van der Waals surface area contributed by atoms with E-state index in [1.54, 1.807) is 0 Å². The lowest BCUT2D eigenvalue weighted by Crippen LogP contribution is -2.20. The van der Waals surface area contributed by atoms with Gasteiger partial charge in [0.05, 0.1) is 0 Å². The van der Waals surface area contributed by atoms with Crippen LogP contribution < -0.4 is 0 Å². The van der Waals surface area contributed by atoms with Gasteiger partial charge in [-0.3, -0.25) is 0 Å². The van der Waals surface area contributed by atoms with Crippen molar-refractivity contribution in [3.63, 3.8) is 0 Å². The van der Waals surface area contributed by atoms with Crippen LogP contribution in [0.5, 0.6) is 0 Å². The molecular weight excluding hydrogens is 118 g/mol. The van der Waals surface area contributed by atoms with Crippen molar-refractivity contribution in [2.45, 2.75) is 25.8 Å². The largest absolute Gasteiger partial charge is 0.304 e. The fourth-order valence-electron chi connectivity index (χ4n) is 1.08. The van der Waals surface area contributed by atoms with Crippen molar-refractivity contribution in [1.82, 2.24) is 4.90 Å². The summed E-state index contributed by atoms with van der Waals surface area (Å²) < 4.78 is 0. The maximum absolute atomic E-state index is 2.40. The zero-order valence-corrected chi connectivity index (χ0v) is 6.65. The Hall–Kier alpha value is 0.310. The van der Waals surface area contributed by atoms with Gasteiger partial charge in [0.15, 0.2) is 0 Å². The van der Waals surface area contributed by atoms with Crippen molar-refractivity contribution >= 4 is 13.5 Å². The van der Waals surface area contributed by atoms with Gasteiger partial charge in [-0.15, -0.1) is 0 Å². The van der Waals surface area contributed by atoms with Crippen LogP contribution in [0.2, 0.25) is 0 Å². The molecule has 0 saturated carbocycles. The predicted octanol–water partition coefficient (Wildman–Crippen LogP) is 1.21. The SMILES string of the molecule is C[C@@H]1CCCN1C.S. The van der Waals surface area contributed by atoms with E-state index in [0.717, 1.165) is 6.04 Å². The first-order valence-corrected chi connectivity index (χ1v) is 3.01. The first-order chi connectivity index (χ1) is 3.30. The van der Waals surface area contributed by atoms with Crippen LogP contribution in [0.1, 0.15) is 19.8 Å². The van der Waals surface area contributed by atoms with Crippen molar-refractivity contribution in [3.05, 3.63) is 0 Å². The molecule has 0 unspecified atom stereocenters. The van der Waals surface area contributed by atoms with Crippen LogP contribution in [0, 0.1) is 0 Å². The average Bonchev–Trinajstić information content (AvgIpc) is 1.91. The Morgan fingerprint density at radius 2 is 2.12 bits per heavy atom. The molecule has 1 heterocycles. The average molecular weight is 133 g/mol. The number of hydrogen-bond acceptors (Lipinski definition) is 1. The minimum Gasteiger partial charge on any atom is -0.304 e. The molecule has 1 saturated heterocycles. The van der Waals surface area contributed by atoms with Crippen LogP contribution >= 0.6 is 13.5 Å². The fourth-order valence-corrected chi connectivity index (χ4v) is 1.08. The summed E-state index contributed by atoms with van der Waals surface area (Å²) in [5, 5.41) is 0. The van der Waals surface area contributed by atoms with Crippen LogP contribution in [0.4, 0.5) is 0 Å². The quantitative estimate of drug-likeness (QED) is 0.480. The van der Waals surface area contributed by atoms with Crippen LogP contribution in [-0.4, -0.2) is 24.5 Å². The Morgan fingerprint density at radius 1 is 1.50 bits per heavy atom. The van der Waals surface area contributed by atoms with E-state index in [4.69, 9.17) is 0 Å². The smallest absolute Gasteiger partial charge is 0.00643 e. The normalized spacial score (nSPS) is 30.0. The van der Waals surface area contributed by atoms with Crippen molar-refractivity contribution in [1.29, 1.82) is 0 Å². The van der Waals surface area contributed by atoms with Crippen LogP contribution in [0.25, 0.3) is 0 Å². The van der Waals surface area contributed by atoms with Gasteiger partial charge in [0, 0.05) is 6.04 Å². The molecule has 0 aliphatic carbocycles. The Morgan fingerprint density at radius 3 is 2.25 bits per heavy atom. The molecule has 8 heavy (non-hydrogen) atoms. The van der Waals surface area contributed by atoms with Gasteiger partial charge in [-0.1, -0.05) is 0 Å². The molecular formula is C6H15NS. The standard InChI is InChI=1S/C6H13N.H2S/c1-6-4-3-5-7(6)2;/h6H,3-5H2,1-2H3;1H2/t6-;/m1./s1. The molecule has 1 aliphatic heterocycles. The number of nitrogens with zero attached hydrogens (tertiary/aromatic N) is 1. The first kappa shape index (κ1) is 8.31. The van der Waals surface area contributed by atoms with Gasteiger partial charge in [0.1, 0.15) is 0 Å². The maximum atomic E-state index is 2.40. The Balaban J connectivity index is 0.000000490. The summed E-state index contributed by atoms with van der Waals surface area (Å²) >= 11 is 0. The third kappa shape index (κ3) is 1.67. The van der Waals surface area contributed by atoms with Gasteiger partial charge in [-0.25, -0.2) is 0 Å². The summed E-state index contributed by atoms with van der Waals surface area (Å²) in [5.74, 6) is 0. The third-order valence-electron chi connectivity index (χ3n) is 1.89. The summed E-state index contributed by atoms with van der Waals surface area (Å²) in [6.45, 7) is 3.59. The van der Waals surface area contributed by atoms with E-state index in [0.29, 0.717) is 0 Å². The summed E-state index contributed by atoms with van der Waals surface area (Å²) in [5.41, 5.74) is 0. The molecule has 50 valence electrons. The summed E-state index contributed by atoms with van der Waals surface area (Å²) in [7, 11) is 2.19. The molecule has 0 N–H and O–H groups in total. The highest BCUT2D eigenvalue weighted by Crippen LogP contribution is 2.12. The molecule has 0 radical (unpaired) electrons. The van der Waals surface area contributed by atoms with E-state index in [1.165, 1.54) is 19.4 Å². The van der Waals surface area contributed by atoms with Crippen molar-refractivity contribution < 1.29 is 0 Å². The molecule has 1 rings (SSSR count). The zero-order valence-electron chi connectivity index (χ0n) is 5.65. The van der Waals surface area contributed by atoms with E-state index in [9.17, 15) is 0 Å². The van der Waals surface area contributed by atoms with E-state index >= 15 is 0 Å². The molecule has 0 amide bonds. The zero-order chi connectivity index (χ0) is 5.28. The molecule has 2 heteroatoms. The molecule has 0 bridgehead atoms. The van der Waals surface area contributed by atoms with Gasteiger partial charge in [-0.05, 0) is 33.4 Å². The molecule has 0 aromatic carbocycles. The molecule has 1 atom stereocenters. The Kier molecular flexibility index (Phi) is 3.49. The second-order valence-corrected chi connectivity index (χ2v) is 2.47. The van der Waals surface area contributed by atoms with Crippen LogP contribution in [0.3, 0.4) is 0 Å². The van der Waals surface area contributed by atoms with E-state index in [1.807, 2.05) is 0 Å². The number of likely N-dealkylation sites (tertiary alicyclic amines) is 1. The van der Waals surface area contributed by atoms with Crippen LogP contribution in [-0.2, 0) is 0 Å². The van der Waals surface area contributed by atoms with Crippen molar-refractivity contribution in [2.75, 3.05) is 13.6 Å². The van der Waals surface area contributed by atoms with Gasteiger partial charge in [0.2, 0.25) is 0 Å². The highest BCUT2D eigenvalue weighted by atomic mass is 32.1. The van der Waals surface area contributed by atoms with E-state index < -0.39 is 0 Å². The molecule has 0 spiro atoms. The number of rotatable bonds is 0. The van der Waals surface area contributed by atoms with Crippen molar-refractivity contribution in [2.24, 2.45) is 0 Å². The molecule has 0 aromatic heterocycles. The Labute approximate surface area is 58.5 Å². The lowest BCUT2D eigenvalue weighted by molar-refractivity contribution is 0.331. The summed E-state index contributed by atoms with van der Waals surface area (Å²) in [6.07, 6.45) is 2.80. The van der Waals surface area contributed by atoms with Gasteiger partial charge < -0.3 is 4.90 Å². The van der Waals surface area contributed by atoms with Gasteiger partial charge >= 0.3 is 0 Å². The lowest BCUT2D eigenvalue weighted by atomic mass is 10.3. The lowest BCUT2D eigenvalue weighted by Gasteiger charge is -2.12. The molecule has 1 aliphatic rings. The second kappa shape index (κ2) is 3.36. The monoisotopic (exact) mass is 133 g/mol. The van der Waals surface area contributed by atoms with Gasteiger partial charge in [-0.2, -0.15) is 13.5 Å². The molecule has 1 nitrogen and oxygen atoms in total. The van der Waals surface area contributed by atoms with Crippen LogP contribution in [0.15, 0.2) is 0 Å². The van der Waals surface area contributed by atoms with E-state index in [2.05, 4.69) is 18.9 Å². The Bertz CT molecular complexity index is 57.5. The fraction of sp³-hybridized carbons (Fsp3) is 1.00. The maximum Gasteiger partial charge on any atom is 0.00643 e. The second-order valence-electron chi connectivity index (χ2n) is 2.47. The summed E-state index contributed by atoms with van der Waals surface area (Å²) in [6, 6.07) is 0.847. The summed E-state index contributed by atoms with van der Waals surface area (Å²) in [4.78, 5) is 2.40. The topological polar surface area (TPSA) is 3.24 Å². The molecule has 0 aromatic rings. The van der Waals surface area contributed by atoms with Gasteiger partial charge in [0.25, 0.3) is 0 Å². The first-order valence-electron chi connectivity index (χ1n) is 3.01. The number of hydrogen-bond donors (Lipinski definition) is 0. The molecule has 1 fully saturated rings. The third-order valence-corrected chi connectivity index (χ3v) is 1.89. The predicted molar refractivity (Wildman–Crippen MR) is 41.7 cm³/mol. The minimum absolute atomic E-state index is 0.